The number of hydrogen-bond donors (Lipinski definition) is 1. The summed E-state index contributed by atoms with van der Waals surface area (Å²) in [5, 5.41) is 2.06. The summed E-state index contributed by atoms with van der Waals surface area (Å²) in [4.78, 5) is 10.0. The Morgan fingerprint density at radius 2 is 2.31 bits per heavy atom. The third-order valence-electron chi connectivity index (χ3n) is 2.41. The Bertz CT molecular complexity index is 439. The molecular weight excluding hydrogens is 218 g/mol. The van der Waals surface area contributed by atoms with Gasteiger partial charge in [0.25, 0.3) is 0 Å². The minimum atomic E-state index is 0.429. The van der Waals surface area contributed by atoms with Gasteiger partial charge >= 0.3 is 0 Å². The second-order valence-corrected chi connectivity index (χ2v) is 4.83. The van der Waals surface area contributed by atoms with Crippen LogP contribution in [0.4, 0.5) is 0 Å². The van der Waals surface area contributed by atoms with Crippen LogP contribution in [-0.2, 0) is 6.42 Å². The third kappa shape index (κ3) is 2.65. The van der Waals surface area contributed by atoms with Crippen LogP contribution in [0.25, 0.3) is 10.6 Å². The van der Waals surface area contributed by atoms with Crippen molar-refractivity contribution >= 4 is 11.3 Å². The van der Waals surface area contributed by atoms with Crippen molar-refractivity contribution in [1.29, 1.82) is 0 Å². The van der Waals surface area contributed by atoms with Gasteiger partial charge in [-0.15, -0.1) is 11.3 Å². The first-order valence-electron chi connectivity index (χ1n) is 5.35. The molecule has 0 spiro atoms. The van der Waals surface area contributed by atoms with Gasteiger partial charge < -0.3 is 5.73 Å². The van der Waals surface area contributed by atoms with Gasteiger partial charge in [-0.3, -0.25) is 0 Å². The highest BCUT2D eigenvalue weighted by Crippen LogP contribution is 2.22. The highest BCUT2D eigenvalue weighted by Gasteiger charge is 2.06. The van der Waals surface area contributed by atoms with Gasteiger partial charge in [0.15, 0.2) is 0 Å². The van der Waals surface area contributed by atoms with Crippen LogP contribution in [0.1, 0.15) is 12.7 Å². The largest absolute Gasteiger partial charge is 0.330 e. The molecule has 3 nitrogen and oxygen atoms in total. The summed E-state index contributed by atoms with van der Waals surface area (Å²) < 4.78 is 0. The topological polar surface area (TPSA) is 51.8 Å². The van der Waals surface area contributed by atoms with Crippen molar-refractivity contribution in [3.05, 3.63) is 35.6 Å². The van der Waals surface area contributed by atoms with Crippen LogP contribution in [0.2, 0.25) is 0 Å². The number of hydrogen-bond acceptors (Lipinski definition) is 4. The predicted molar refractivity (Wildman–Crippen MR) is 67.3 cm³/mol. The van der Waals surface area contributed by atoms with Gasteiger partial charge in [0.05, 0.1) is 10.6 Å². The molecule has 2 aromatic heterocycles. The van der Waals surface area contributed by atoms with Gasteiger partial charge in [-0.05, 0) is 30.0 Å². The number of nitrogens with zero attached hydrogens (tertiary/aromatic N) is 2. The molecule has 2 N–H and O–H groups in total. The van der Waals surface area contributed by atoms with Crippen LogP contribution in [0.15, 0.2) is 29.8 Å². The van der Waals surface area contributed by atoms with Gasteiger partial charge in [0.1, 0.15) is 5.82 Å². The third-order valence-corrected chi connectivity index (χ3v) is 3.30. The van der Waals surface area contributed by atoms with E-state index in [9.17, 15) is 0 Å². The lowest BCUT2D eigenvalue weighted by molar-refractivity contribution is 0.574. The fraction of sp³-hybridized carbons (Fsp3) is 0.333. The number of thiophene rings is 1. The monoisotopic (exact) mass is 233 g/mol. The quantitative estimate of drug-likeness (QED) is 0.882. The number of nitrogens with two attached hydrogens (primary N) is 1. The molecule has 0 aromatic carbocycles. The molecule has 2 heterocycles. The Kier molecular flexibility index (Phi) is 3.64. The van der Waals surface area contributed by atoms with Gasteiger partial charge in [-0.2, -0.15) is 0 Å². The lowest BCUT2D eigenvalue weighted by atomic mass is 10.1. The Hall–Kier alpha value is -1.26. The van der Waals surface area contributed by atoms with Crippen molar-refractivity contribution < 1.29 is 0 Å². The second kappa shape index (κ2) is 5.18. The van der Waals surface area contributed by atoms with Gasteiger partial charge in [-0.1, -0.05) is 13.0 Å². The van der Waals surface area contributed by atoms with E-state index in [1.165, 1.54) is 4.88 Å². The molecule has 4 heteroatoms. The first kappa shape index (κ1) is 11.2. The zero-order valence-corrected chi connectivity index (χ0v) is 10.1. The van der Waals surface area contributed by atoms with E-state index >= 15 is 0 Å². The van der Waals surface area contributed by atoms with E-state index in [-0.39, 0.29) is 0 Å². The summed E-state index contributed by atoms with van der Waals surface area (Å²) in [5.41, 5.74) is 6.60. The van der Waals surface area contributed by atoms with Gasteiger partial charge in [0.2, 0.25) is 0 Å². The Morgan fingerprint density at radius 1 is 1.44 bits per heavy atom. The minimum Gasteiger partial charge on any atom is -0.330 e. The van der Waals surface area contributed by atoms with Crippen LogP contribution < -0.4 is 5.73 Å². The molecule has 0 aliphatic carbocycles. The van der Waals surface area contributed by atoms with E-state index in [1.807, 2.05) is 18.3 Å². The second-order valence-electron chi connectivity index (χ2n) is 3.88. The van der Waals surface area contributed by atoms with Crippen molar-refractivity contribution in [2.75, 3.05) is 6.54 Å². The fourth-order valence-corrected chi connectivity index (χ4v) is 2.15. The summed E-state index contributed by atoms with van der Waals surface area (Å²) >= 11 is 1.69. The molecular formula is C12H15N3S. The molecule has 0 radical (unpaired) electrons. The van der Waals surface area contributed by atoms with Crippen LogP contribution in [0.5, 0.6) is 0 Å². The van der Waals surface area contributed by atoms with E-state index in [1.54, 1.807) is 11.3 Å². The zero-order chi connectivity index (χ0) is 11.4. The van der Waals surface area contributed by atoms with E-state index in [0.29, 0.717) is 12.5 Å². The molecule has 0 saturated carbocycles. The number of rotatable bonds is 4. The van der Waals surface area contributed by atoms with Crippen LogP contribution in [-0.4, -0.2) is 16.5 Å². The van der Waals surface area contributed by atoms with Crippen LogP contribution >= 0.6 is 11.3 Å². The number of aromatic nitrogens is 2. The molecule has 0 amide bonds. The van der Waals surface area contributed by atoms with Crippen molar-refractivity contribution in [2.24, 2.45) is 11.7 Å². The highest BCUT2D eigenvalue weighted by molar-refractivity contribution is 7.13. The van der Waals surface area contributed by atoms with E-state index in [4.69, 9.17) is 5.73 Å². The van der Waals surface area contributed by atoms with Crippen molar-refractivity contribution in [3.63, 3.8) is 0 Å². The minimum absolute atomic E-state index is 0.429. The van der Waals surface area contributed by atoms with Crippen molar-refractivity contribution in [3.8, 4) is 10.6 Å². The molecule has 0 saturated heterocycles. The first-order valence-corrected chi connectivity index (χ1v) is 6.23. The Balaban J connectivity index is 2.20. The maximum absolute atomic E-state index is 5.60. The van der Waals surface area contributed by atoms with Crippen LogP contribution in [0, 0.1) is 5.92 Å². The standard InChI is InChI=1S/C12H15N3S/c1-9(8-13)7-12-14-5-4-10(15-12)11-3-2-6-16-11/h2-6,9H,7-8,13H2,1H3. The van der Waals surface area contributed by atoms with Gasteiger partial charge in [0, 0.05) is 12.6 Å². The average molecular weight is 233 g/mol. The predicted octanol–water partition coefficient (Wildman–Crippen LogP) is 2.34. The first-order chi connectivity index (χ1) is 7.79. The molecule has 2 rings (SSSR count). The Morgan fingerprint density at radius 3 is 3.00 bits per heavy atom. The SMILES string of the molecule is CC(CN)Cc1nccc(-c2cccs2)n1. The van der Waals surface area contributed by atoms with E-state index in [2.05, 4.69) is 28.3 Å². The molecule has 1 atom stereocenters. The van der Waals surface area contributed by atoms with E-state index < -0.39 is 0 Å². The smallest absolute Gasteiger partial charge is 0.129 e. The highest BCUT2D eigenvalue weighted by atomic mass is 32.1. The molecule has 0 bridgehead atoms. The summed E-state index contributed by atoms with van der Waals surface area (Å²) in [7, 11) is 0. The summed E-state index contributed by atoms with van der Waals surface area (Å²) in [6, 6.07) is 6.05. The molecule has 0 aliphatic heterocycles. The molecule has 84 valence electrons. The molecule has 1 unspecified atom stereocenters. The van der Waals surface area contributed by atoms with Crippen LogP contribution in [0.3, 0.4) is 0 Å². The summed E-state index contributed by atoms with van der Waals surface area (Å²) in [5.74, 6) is 1.31. The lowest BCUT2D eigenvalue weighted by Crippen LogP contribution is -2.14. The summed E-state index contributed by atoms with van der Waals surface area (Å²) in [6.07, 6.45) is 2.66. The maximum Gasteiger partial charge on any atom is 0.129 e. The zero-order valence-electron chi connectivity index (χ0n) is 9.26. The molecule has 0 aliphatic rings. The molecule has 16 heavy (non-hydrogen) atoms. The average Bonchev–Trinajstić information content (AvgIpc) is 2.83. The van der Waals surface area contributed by atoms with Crippen molar-refractivity contribution in [2.45, 2.75) is 13.3 Å². The Labute approximate surface area is 99.4 Å². The fourth-order valence-electron chi connectivity index (χ4n) is 1.45. The lowest BCUT2D eigenvalue weighted by Gasteiger charge is -2.07. The van der Waals surface area contributed by atoms with Gasteiger partial charge in [-0.25, -0.2) is 9.97 Å². The molecule has 2 aromatic rings. The molecule has 0 fully saturated rings. The van der Waals surface area contributed by atoms with E-state index in [0.717, 1.165) is 17.9 Å². The summed E-state index contributed by atoms with van der Waals surface area (Å²) in [6.45, 7) is 2.79. The van der Waals surface area contributed by atoms with Crippen molar-refractivity contribution in [1.82, 2.24) is 9.97 Å². The maximum atomic E-state index is 5.60. The normalized spacial score (nSPS) is 12.6.